The Morgan fingerprint density at radius 3 is 2.63 bits per heavy atom. The SMILES string of the molecule is COc1ccc(/C=C/C(=O)c2cc(Br)cs2)cc1COc1ccc(I)cc1. The van der Waals surface area contributed by atoms with Gasteiger partial charge in [0.05, 0.1) is 12.0 Å². The summed E-state index contributed by atoms with van der Waals surface area (Å²) in [5.41, 5.74) is 1.84. The van der Waals surface area contributed by atoms with Crippen molar-refractivity contribution >= 4 is 61.7 Å². The lowest BCUT2D eigenvalue weighted by Crippen LogP contribution is -1.99. The van der Waals surface area contributed by atoms with Crippen LogP contribution in [0.25, 0.3) is 6.08 Å². The number of hydrogen-bond acceptors (Lipinski definition) is 4. The van der Waals surface area contributed by atoms with E-state index in [4.69, 9.17) is 9.47 Å². The minimum absolute atomic E-state index is 0.0155. The molecule has 1 aromatic heterocycles. The summed E-state index contributed by atoms with van der Waals surface area (Å²) in [5, 5.41) is 1.90. The molecule has 27 heavy (non-hydrogen) atoms. The van der Waals surface area contributed by atoms with Crippen molar-refractivity contribution < 1.29 is 14.3 Å². The van der Waals surface area contributed by atoms with Gasteiger partial charge < -0.3 is 9.47 Å². The van der Waals surface area contributed by atoms with Crippen LogP contribution in [0.3, 0.4) is 0 Å². The minimum atomic E-state index is -0.0155. The molecule has 3 rings (SSSR count). The number of benzene rings is 2. The number of ether oxygens (including phenoxy) is 2. The highest BCUT2D eigenvalue weighted by Gasteiger charge is 2.07. The standard InChI is InChI=1S/C21H16BrIO3S/c1-25-20-9-3-14(2-8-19(24)21-11-16(22)13-27-21)10-15(20)12-26-18-6-4-17(23)5-7-18/h2-11,13H,12H2,1H3/b8-2+. The van der Waals surface area contributed by atoms with E-state index in [1.165, 1.54) is 11.3 Å². The van der Waals surface area contributed by atoms with Gasteiger partial charge in [0.25, 0.3) is 0 Å². The monoisotopic (exact) mass is 554 g/mol. The lowest BCUT2D eigenvalue weighted by molar-refractivity contribution is 0.105. The molecule has 0 fully saturated rings. The Bertz CT molecular complexity index is 964. The van der Waals surface area contributed by atoms with Gasteiger partial charge in [0.15, 0.2) is 5.78 Å². The Kier molecular flexibility index (Phi) is 7.09. The third-order valence-electron chi connectivity index (χ3n) is 3.75. The molecule has 6 heteroatoms. The second-order valence-electron chi connectivity index (χ2n) is 5.64. The van der Waals surface area contributed by atoms with Gasteiger partial charge in [-0.25, -0.2) is 0 Å². The van der Waals surface area contributed by atoms with Gasteiger partial charge in [0.1, 0.15) is 18.1 Å². The molecule has 1 heterocycles. The summed E-state index contributed by atoms with van der Waals surface area (Å²) in [7, 11) is 1.64. The largest absolute Gasteiger partial charge is 0.496 e. The minimum Gasteiger partial charge on any atom is -0.496 e. The summed E-state index contributed by atoms with van der Waals surface area (Å²) in [6.07, 6.45) is 3.40. The van der Waals surface area contributed by atoms with Crippen LogP contribution in [-0.2, 0) is 6.61 Å². The van der Waals surface area contributed by atoms with Crippen LogP contribution in [0.2, 0.25) is 0 Å². The van der Waals surface area contributed by atoms with Crippen molar-refractivity contribution in [2.24, 2.45) is 0 Å². The Morgan fingerprint density at radius 2 is 1.96 bits per heavy atom. The van der Waals surface area contributed by atoms with Crippen molar-refractivity contribution in [1.82, 2.24) is 0 Å². The van der Waals surface area contributed by atoms with E-state index in [0.717, 1.165) is 30.7 Å². The third-order valence-corrected chi connectivity index (χ3v) is 6.17. The van der Waals surface area contributed by atoms with Gasteiger partial charge in [-0.05, 0) is 92.6 Å². The number of hydrogen-bond donors (Lipinski definition) is 0. The van der Waals surface area contributed by atoms with E-state index in [1.54, 1.807) is 13.2 Å². The molecule has 0 aliphatic heterocycles. The fourth-order valence-electron chi connectivity index (χ4n) is 2.40. The maximum atomic E-state index is 12.2. The number of halogens is 2. The Hall–Kier alpha value is -1.64. The van der Waals surface area contributed by atoms with Gasteiger partial charge in [-0.1, -0.05) is 12.1 Å². The smallest absolute Gasteiger partial charge is 0.195 e. The van der Waals surface area contributed by atoms with Gasteiger partial charge in [-0.2, -0.15) is 0 Å². The lowest BCUT2D eigenvalue weighted by Gasteiger charge is -2.11. The number of allylic oxidation sites excluding steroid dienone is 1. The third kappa shape index (κ3) is 5.67. The van der Waals surface area contributed by atoms with E-state index in [0.29, 0.717) is 11.5 Å². The predicted octanol–water partition coefficient (Wildman–Crippen LogP) is 6.60. The molecule has 0 aliphatic carbocycles. The zero-order valence-electron chi connectivity index (χ0n) is 14.4. The molecule has 0 bridgehead atoms. The number of rotatable bonds is 7. The molecule has 0 atom stereocenters. The number of thiophene rings is 1. The summed E-state index contributed by atoms with van der Waals surface area (Å²) in [6, 6.07) is 15.5. The zero-order valence-corrected chi connectivity index (χ0v) is 19.0. The summed E-state index contributed by atoms with van der Waals surface area (Å²) in [4.78, 5) is 12.9. The summed E-state index contributed by atoms with van der Waals surface area (Å²) >= 11 is 7.05. The molecule has 0 radical (unpaired) electrons. The van der Waals surface area contributed by atoms with Crippen molar-refractivity contribution in [3.63, 3.8) is 0 Å². The highest BCUT2D eigenvalue weighted by atomic mass is 127. The fourth-order valence-corrected chi connectivity index (χ4v) is 4.11. The number of ketones is 1. The van der Waals surface area contributed by atoms with Crippen molar-refractivity contribution in [1.29, 1.82) is 0 Å². The summed E-state index contributed by atoms with van der Waals surface area (Å²) in [5.74, 6) is 1.54. The first kappa shape index (κ1) is 20.1. The van der Waals surface area contributed by atoms with Gasteiger partial charge in [-0.3, -0.25) is 4.79 Å². The van der Waals surface area contributed by atoms with Crippen LogP contribution >= 0.6 is 49.9 Å². The molecule has 138 valence electrons. The molecule has 3 nitrogen and oxygen atoms in total. The van der Waals surface area contributed by atoms with E-state index in [9.17, 15) is 4.79 Å². The topological polar surface area (TPSA) is 35.5 Å². The summed E-state index contributed by atoms with van der Waals surface area (Å²) in [6.45, 7) is 0.386. The molecule has 2 aromatic carbocycles. The van der Waals surface area contributed by atoms with Crippen molar-refractivity contribution in [2.75, 3.05) is 7.11 Å². The van der Waals surface area contributed by atoms with Crippen LogP contribution in [0.15, 0.2) is 64.5 Å². The van der Waals surface area contributed by atoms with Gasteiger partial charge in [0.2, 0.25) is 0 Å². The molecule has 0 saturated heterocycles. The maximum Gasteiger partial charge on any atom is 0.195 e. The van der Waals surface area contributed by atoms with E-state index in [1.807, 2.05) is 60.0 Å². The molecule has 0 aliphatic rings. The Morgan fingerprint density at radius 1 is 1.19 bits per heavy atom. The molecular weight excluding hydrogens is 539 g/mol. The van der Waals surface area contributed by atoms with Gasteiger partial charge in [-0.15, -0.1) is 11.3 Å². The van der Waals surface area contributed by atoms with Crippen LogP contribution in [0, 0.1) is 3.57 Å². The molecule has 0 spiro atoms. The van der Waals surface area contributed by atoms with Crippen LogP contribution in [0.5, 0.6) is 11.5 Å². The average molecular weight is 555 g/mol. The lowest BCUT2D eigenvalue weighted by atomic mass is 10.1. The molecule has 0 amide bonds. The zero-order chi connectivity index (χ0) is 19.2. The van der Waals surface area contributed by atoms with E-state index < -0.39 is 0 Å². The molecule has 0 N–H and O–H groups in total. The van der Waals surface area contributed by atoms with Crippen molar-refractivity contribution in [3.05, 3.63) is 84.0 Å². The van der Waals surface area contributed by atoms with E-state index >= 15 is 0 Å². The second-order valence-corrected chi connectivity index (χ2v) is 8.71. The molecule has 3 aromatic rings. The predicted molar refractivity (Wildman–Crippen MR) is 122 cm³/mol. The normalized spacial score (nSPS) is 10.9. The Labute approximate surface area is 184 Å². The number of carbonyl (C=O) groups excluding carboxylic acids is 1. The van der Waals surface area contributed by atoms with Crippen molar-refractivity contribution in [3.8, 4) is 11.5 Å². The first-order valence-electron chi connectivity index (χ1n) is 8.07. The van der Waals surface area contributed by atoms with Crippen LogP contribution in [0.4, 0.5) is 0 Å². The molecule has 0 saturated carbocycles. The number of methoxy groups -OCH3 is 1. The maximum absolute atomic E-state index is 12.2. The van der Waals surface area contributed by atoms with Crippen molar-refractivity contribution in [2.45, 2.75) is 6.61 Å². The first-order chi connectivity index (χ1) is 13.0. The quantitative estimate of drug-likeness (QED) is 0.187. The molecular formula is C21H16BrIO3S. The Balaban J connectivity index is 1.73. The van der Waals surface area contributed by atoms with E-state index in [-0.39, 0.29) is 5.78 Å². The fraction of sp³-hybridized carbons (Fsp3) is 0.0952. The first-order valence-corrected chi connectivity index (χ1v) is 10.8. The van der Waals surface area contributed by atoms with Gasteiger partial charge >= 0.3 is 0 Å². The van der Waals surface area contributed by atoms with E-state index in [2.05, 4.69) is 38.5 Å². The van der Waals surface area contributed by atoms with Crippen LogP contribution < -0.4 is 9.47 Å². The number of carbonyl (C=O) groups is 1. The van der Waals surface area contributed by atoms with Crippen LogP contribution in [0.1, 0.15) is 20.8 Å². The van der Waals surface area contributed by atoms with Crippen LogP contribution in [-0.4, -0.2) is 12.9 Å². The average Bonchev–Trinajstić information content (AvgIpc) is 3.12. The summed E-state index contributed by atoms with van der Waals surface area (Å²) < 4.78 is 13.4. The highest BCUT2D eigenvalue weighted by Crippen LogP contribution is 2.24. The van der Waals surface area contributed by atoms with Gasteiger partial charge in [0, 0.05) is 19.0 Å². The molecule has 0 unspecified atom stereocenters. The highest BCUT2D eigenvalue weighted by molar-refractivity contribution is 14.1. The second kappa shape index (κ2) is 9.52.